The van der Waals surface area contributed by atoms with Crippen LogP contribution < -0.4 is 0 Å². The zero-order chi connectivity index (χ0) is 37.0. The summed E-state index contributed by atoms with van der Waals surface area (Å²) in [6.45, 7) is 0. The number of hydrogen-bond donors (Lipinski definition) is 0. The minimum absolute atomic E-state index is 0.991. The van der Waals surface area contributed by atoms with Crippen molar-refractivity contribution in [2.45, 2.75) is 0 Å². The molecule has 262 valence electrons. The van der Waals surface area contributed by atoms with Gasteiger partial charge in [0.1, 0.15) is 0 Å². The minimum atomic E-state index is 0.991. The molecule has 0 N–H and O–H groups in total. The second-order valence-electron chi connectivity index (χ2n) is 14.4. The quantitative estimate of drug-likeness (QED) is 0.168. The average molecular weight is 714 g/mol. The summed E-state index contributed by atoms with van der Waals surface area (Å²) in [5.41, 5.74) is 17.0. The third-order valence-corrected chi connectivity index (χ3v) is 11.1. The zero-order valence-electron chi connectivity index (χ0n) is 30.5. The van der Waals surface area contributed by atoms with Crippen LogP contribution in [-0.2, 0) is 0 Å². The highest BCUT2D eigenvalue weighted by atomic mass is 15.0. The maximum Gasteiger partial charge on any atom is 0.0971 e. The van der Waals surface area contributed by atoms with Crippen LogP contribution in [0.2, 0.25) is 0 Å². The highest BCUT2D eigenvalue weighted by Crippen LogP contribution is 2.43. The van der Waals surface area contributed by atoms with Crippen molar-refractivity contribution in [3.63, 3.8) is 0 Å². The van der Waals surface area contributed by atoms with Crippen LogP contribution in [0.15, 0.2) is 212 Å². The van der Waals surface area contributed by atoms with E-state index in [9.17, 15) is 0 Å². The molecule has 0 atom stereocenters. The lowest BCUT2D eigenvalue weighted by Crippen LogP contribution is -1.98. The van der Waals surface area contributed by atoms with Crippen LogP contribution in [-0.4, -0.2) is 14.1 Å². The molecule has 8 aromatic carbocycles. The Kier molecular flexibility index (Phi) is 7.49. The Morgan fingerprint density at radius 1 is 0.304 bits per heavy atom. The SMILES string of the molecule is c1ccc(-c2cc(-c3ccccc3)cc(-n3c4ccccc4c4c3cnc3c5ccccc5n(-c5cc(-c6ccccc6)cc(-c6ccccc6)c5)c34)c2)cc1. The Labute approximate surface area is 325 Å². The fourth-order valence-corrected chi connectivity index (χ4v) is 8.56. The van der Waals surface area contributed by atoms with Crippen LogP contribution in [0.1, 0.15) is 0 Å². The van der Waals surface area contributed by atoms with Gasteiger partial charge in [0.2, 0.25) is 0 Å². The number of pyridine rings is 1. The lowest BCUT2D eigenvalue weighted by Gasteiger charge is -2.15. The Hall–Kier alpha value is -7.49. The summed E-state index contributed by atoms with van der Waals surface area (Å²) in [6.07, 6.45) is 2.08. The maximum atomic E-state index is 5.35. The Balaban J connectivity index is 1.25. The number of para-hydroxylation sites is 2. The van der Waals surface area contributed by atoms with E-state index in [0.717, 1.165) is 44.3 Å². The number of hydrogen-bond acceptors (Lipinski definition) is 1. The number of benzene rings is 8. The predicted molar refractivity (Wildman–Crippen MR) is 235 cm³/mol. The first kappa shape index (κ1) is 32.0. The molecule has 56 heavy (non-hydrogen) atoms. The van der Waals surface area contributed by atoms with Gasteiger partial charge in [0.25, 0.3) is 0 Å². The number of nitrogens with zero attached hydrogens (tertiary/aromatic N) is 3. The highest BCUT2D eigenvalue weighted by Gasteiger charge is 2.23. The van der Waals surface area contributed by atoms with E-state index in [0.29, 0.717) is 0 Å². The van der Waals surface area contributed by atoms with Gasteiger partial charge < -0.3 is 9.13 Å². The van der Waals surface area contributed by atoms with Gasteiger partial charge in [-0.3, -0.25) is 4.98 Å². The van der Waals surface area contributed by atoms with Gasteiger partial charge in [-0.25, -0.2) is 0 Å². The first-order valence-electron chi connectivity index (χ1n) is 19.1. The summed E-state index contributed by atoms with van der Waals surface area (Å²) < 4.78 is 4.86. The standard InChI is InChI=1S/C53H35N3/c1-5-17-36(18-6-1)40-29-41(37-19-7-2-8-20-37)32-44(31-40)55-48-27-15-13-25-46(48)51-50(55)35-54-52-47-26-14-16-28-49(47)56(53(51)52)45-33-42(38-21-9-3-10-22-38)30-43(34-45)39-23-11-4-12-24-39/h1-35H. The monoisotopic (exact) mass is 713 g/mol. The van der Waals surface area contributed by atoms with Crippen molar-refractivity contribution in [3.05, 3.63) is 212 Å². The van der Waals surface area contributed by atoms with Crippen LogP contribution >= 0.6 is 0 Å². The molecule has 0 unspecified atom stereocenters. The molecule has 0 amide bonds. The molecule has 0 bridgehead atoms. The van der Waals surface area contributed by atoms with Crippen LogP contribution in [0.25, 0.3) is 99.6 Å². The van der Waals surface area contributed by atoms with Crippen molar-refractivity contribution in [2.75, 3.05) is 0 Å². The van der Waals surface area contributed by atoms with Crippen molar-refractivity contribution in [1.29, 1.82) is 0 Å². The van der Waals surface area contributed by atoms with Crippen LogP contribution in [0.5, 0.6) is 0 Å². The molecule has 0 spiro atoms. The molecule has 0 saturated carbocycles. The number of fused-ring (bicyclic) bond motifs is 7. The first-order valence-corrected chi connectivity index (χ1v) is 19.1. The fourth-order valence-electron chi connectivity index (χ4n) is 8.56. The molecule has 0 aliphatic carbocycles. The van der Waals surface area contributed by atoms with Gasteiger partial charge in [0.05, 0.1) is 33.8 Å². The molecular weight excluding hydrogens is 679 g/mol. The van der Waals surface area contributed by atoms with E-state index < -0.39 is 0 Å². The van der Waals surface area contributed by atoms with E-state index in [1.54, 1.807) is 0 Å². The zero-order valence-corrected chi connectivity index (χ0v) is 30.5. The topological polar surface area (TPSA) is 22.8 Å². The van der Waals surface area contributed by atoms with Gasteiger partial charge in [-0.1, -0.05) is 158 Å². The molecule has 3 nitrogen and oxygen atoms in total. The van der Waals surface area contributed by atoms with Gasteiger partial charge in [-0.2, -0.15) is 0 Å². The highest BCUT2D eigenvalue weighted by molar-refractivity contribution is 6.24. The van der Waals surface area contributed by atoms with Gasteiger partial charge in [0.15, 0.2) is 0 Å². The summed E-state index contributed by atoms with van der Waals surface area (Å²) in [4.78, 5) is 5.35. The van der Waals surface area contributed by atoms with Gasteiger partial charge in [-0.15, -0.1) is 0 Å². The van der Waals surface area contributed by atoms with Gasteiger partial charge in [0, 0.05) is 27.5 Å². The second-order valence-corrected chi connectivity index (χ2v) is 14.4. The summed E-state index contributed by atoms with van der Waals surface area (Å²) in [7, 11) is 0. The lowest BCUT2D eigenvalue weighted by molar-refractivity contribution is 1.16. The van der Waals surface area contributed by atoms with Crippen molar-refractivity contribution in [1.82, 2.24) is 14.1 Å². The molecule has 3 heteroatoms. The smallest absolute Gasteiger partial charge is 0.0971 e. The third-order valence-electron chi connectivity index (χ3n) is 11.1. The van der Waals surface area contributed by atoms with Crippen LogP contribution in [0, 0.1) is 0 Å². The Bertz CT molecular complexity index is 3100. The number of rotatable bonds is 6. The summed E-state index contributed by atoms with van der Waals surface area (Å²) in [6, 6.07) is 74.2. The largest absolute Gasteiger partial charge is 0.308 e. The molecule has 11 aromatic rings. The lowest BCUT2D eigenvalue weighted by atomic mass is 9.98. The molecule has 0 aliphatic rings. The van der Waals surface area contributed by atoms with E-state index in [1.165, 1.54) is 55.3 Å². The van der Waals surface area contributed by atoms with E-state index in [-0.39, 0.29) is 0 Å². The maximum absolute atomic E-state index is 5.35. The summed E-state index contributed by atoms with van der Waals surface area (Å²) >= 11 is 0. The van der Waals surface area contributed by atoms with E-state index in [2.05, 4.69) is 222 Å². The molecule has 0 fully saturated rings. The molecule has 0 radical (unpaired) electrons. The fraction of sp³-hybridized carbons (Fsp3) is 0. The Morgan fingerprint density at radius 3 is 1.14 bits per heavy atom. The van der Waals surface area contributed by atoms with E-state index >= 15 is 0 Å². The molecule has 11 rings (SSSR count). The average Bonchev–Trinajstić information content (AvgIpc) is 3.80. The Morgan fingerprint density at radius 2 is 0.679 bits per heavy atom. The van der Waals surface area contributed by atoms with Gasteiger partial charge in [-0.05, 0) is 93.0 Å². The third kappa shape index (κ3) is 5.25. The van der Waals surface area contributed by atoms with Crippen molar-refractivity contribution in [2.24, 2.45) is 0 Å². The molecule has 3 heterocycles. The van der Waals surface area contributed by atoms with Crippen LogP contribution in [0.4, 0.5) is 0 Å². The normalized spacial score (nSPS) is 11.6. The number of aromatic nitrogens is 3. The van der Waals surface area contributed by atoms with Gasteiger partial charge >= 0.3 is 0 Å². The van der Waals surface area contributed by atoms with E-state index in [4.69, 9.17) is 4.98 Å². The van der Waals surface area contributed by atoms with Crippen LogP contribution in [0.3, 0.4) is 0 Å². The molecule has 3 aromatic heterocycles. The molecule has 0 aliphatic heterocycles. The first-order chi connectivity index (χ1) is 27.8. The van der Waals surface area contributed by atoms with Crippen molar-refractivity contribution < 1.29 is 0 Å². The predicted octanol–water partition coefficient (Wildman–Crippen LogP) is 13.9. The van der Waals surface area contributed by atoms with Crippen molar-refractivity contribution >= 4 is 43.7 Å². The summed E-state index contributed by atoms with van der Waals surface area (Å²) in [5.74, 6) is 0. The van der Waals surface area contributed by atoms with E-state index in [1.807, 2.05) is 0 Å². The summed E-state index contributed by atoms with van der Waals surface area (Å²) in [5, 5.41) is 3.50. The van der Waals surface area contributed by atoms with Crippen molar-refractivity contribution in [3.8, 4) is 55.9 Å². The second kappa shape index (κ2) is 13.1. The molecular formula is C53H35N3. The molecule has 0 saturated heterocycles. The minimum Gasteiger partial charge on any atom is -0.308 e.